The van der Waals surface area contributed by atoms with Gasteiger partial charge >= 0.3 is 0 Å². The third-order valence-electron chi connectivity index (χ3n) is 7.81. The van der Waals surface area contributed by atoms with Crippen LogP contribution in [-0.4, -0.2) is 44.5 Å². The number of carbonyl (C=O) groups is 2. The Morgan fingerprint density at radius 3 is 2.62 bits per heavy atom. The Hall–Kier alpha value is -4.40. The van der Waals surface area contributed by atoms with Gasteiger partial charge in [-0.3, -0.25) is 9.59 Å². The van der Waals surface area contributed by atoms with Crippen LogP contribution in [0.25, 0.3) is 11.0 Å². The first kappa shape index (κ1) is 25.9. The van der Waals surface area contributed by atoms with Crippen molar-refractivity contribution in [2.24, 2.45) is 0 Å². The van der Waals surface area contributed by atoms with E-state index in [0.29, 0.717) is 17.0 Å². The Kier molecular flexibility index (Phi) is 7.35. The van der Waals surface area contributed by atoms with E-state index in [-0.39, 0.29) is 37.7 Å². The molecule has 1 saturated carbocycles. The lowest BCUT2D eigenvalue weighted by atomic mass is 9.93. The van der Waals surface area contributed by atoms with Crippen molar-refractivity contribution in [3.05, 3.63) is 83.4 Å². The molecule has 3 aromatic carbocycles. The normalized spacial score (nSPS) is 15.6. The zero-order valence-electron chi connectivity index (χ0n) is 22.6. The van der Waals surface area contributed by atoms with Crippen LogP contribution in [0, 0.1) is 6.92 Å². The molecule has 2 amide bonds. The van der Waals surface area contributed by atoms with E-state index in [1.54, 1.807) is 9.58 Å². The van der Waals surface area contributed by atoms with Gasteiger partial charge in [0.25, 0.3) is 0 Å². The molecule has 2 heterocycles. The van der Waals surface area contributed by atoms with Crippen LogP contribution in [-0.2, 0) is 22.7 Å². The molecule has 1 aliphatic carbocycles. The lowest BCUT2D eigenvalue weighted by Gasteiger charge is -2.34. The number of aromatic nitrogens is 3. The van der Waals surface area contributed by atoms with Gasteiger partial charge in [-0.25, -0.2) is 4.68 Å². The van der Waals surface area contributed by atoms with E-state index in [1.807, 2.05) is 73.7 Å². The van der Waals surface area contributed by atoms with Crippen molar-refractivity contribution < 1.29 is 19.1 Å². The van der Waals surface area contributed by atoms with Crippen LogP contribution >= 0.6 is 0 Å². The maximum atomic E-state index is 14.2. The maximum Gasteiger partial charge on any atom is 0.247 e. The molecule has 0 unspecified atom stereocenters. The second-order valence-corrected chi connectivity index (χ2v) is 10.5. The maximum absolute atomic E-state index is 14.2. The summed E-state index contributed by atoms with van der Waals surface area (Å²) in [6, 6.07) is 20.2. The van der Waals surface area contributed by atoms with Gasteiger partial charge < -0.3 is 19.7 Å². The SMILES string of the molecule is Cc1ccccc1[C@@H](C(=O)NC1CCCCC1)N(Cc1ccc2c(c1)OCO2)C(=O)Cn1nnc2ccccc21. The van der Waals surface area contributed by atoms with E-state index in [1.165, 1.54) is 6.42 Å². The molecule has 0 bridgehead atoms. The van der Waals surface area contributed by atoms with Crippen LogP contribution in [0.5, 0.6) is 11.5 Å². The first-order chi connectivity index (χ1) is 19.6. The van der Waals surface area contributed by atoms with Crippen LogP contribution in [0.4, 0.5) is 0 Å². The van der Waals surface area contributed by atoms with Crippen LogP contribution in [0.15, 0.2) is 66.7 Å². The smallest absolute Gasteiger partial charge is 0.247 e. The minimum Gasteiger partial charge on any atom is -0.454 e. The van der Waals surface area contributed by atoms with Crippen molar-refractivity contribution in [1.29, 1.82) is 0 Å². The third kappa shape index (κ3) is 5.36. The van der Waals surface area contributed by atoms with Gasteiger partial charge in [-0.05, 0) is 60.7 Å². The van der Waals surface area contributed by atoms with Crippen molar-refractivity contribution in [1.82, 2.24) is 25.2 Å². The Balaban J connectivity index is 1.38. The van der Waals surface area contributed by atoms with Gasteiger partial charge in [-0.2, -0.15) is 0 Å². The third-order valence-corrected chi connectivity index (χ3v) is 7.81. The molecule has 1 fully saturated rings. The van der Waals surface area contributed by atoms with E-state index >= 15 is 0 Å². The van der Waals surface area contributed by atoms with Crippen molar-refractivity contribution in [3.8, 4) is 11.5 Å². The number of nitrogens with zero attached hydrogens (tertiary/aromatic N) is 4. The molecule has 4 aromatic rings. The summed E-state index contributed by atoms with van der Waals surface area (Å²) in [6.45, 7) is 2.30. The highest BCUT2D eigenvalue weighted by atomic mass is 16.7. The van der Waals surface area contributed by atoms with E-state index in [2.05, 4.69) is 15.6 Å². The molecule has 6 rings (SSSR count). The van der Waals surface area contributed by atoms with Crippen LogP contribution < -0.4 is 14.8 Å². The minimum absolute atomic E-state index is 0.0514. The summed E-state index contributed by atoms with van der Waals surface area (Å²) >= 11 is 0. The van der Waals surface area contributed by atoms with Crippen LogP contribution in [0.1, 0.15) is 54.8 Å². The Labute approximate surface area is 233 Å². The van der Waals surface area contributed by atoms with E-state index in [4.69, 9.17) is 9.47 Å². The predicted molar refractivity (Wildman–Crippen MR) is 150 cm³/mol. The molecule has 1 atom stereocenters. The number of carbonyl (C=O) groups excluding carboxylic acids is 2. The monoisotopic (exact) mass is 539 g/mol. The number of aryl methyl sites for hydroxylation is 1. The molecular formula is C31H33N5O4. The summed E-state index contributed by atoms with van der Waals surface area (Å²) < 4.78 is 12.7. The summed E-state index contributed by atoms with van der Waals surface area (Å²) in [5.74, 6) is 0.895. The first-order valence-corrected chi connectivity index (χ1v) is 13.9. The second kappa shape index (κ2) is 11.4. The minimum atomic E-state index is -0.823. The lowest BCUT2D eigenvalue weighted by molar-refractivity contribution is -0.142. The van der Waals surface area contributed by atoms with E-state index in [0.717, 1.165) is 47.9 Å². The van der Waals surface area contributed by atoms with E-state index in [9.17, 15) is 9.59 Å². The molecule has 0 radical (unpaired) electrons. The highest BCUT2D eigenvalue weighted by molar-refractivity contribution is 5.89. The van der Waals surface area contributed by atoms with Crippen molar-refractivity contribution in [2.45, 2.75) is 64.2 Å². The van der Waals surface area contributed by atoms with Crippen LogP contribution in [0.3, 0.4) is 0 Å². The Bertz CT molecular complexity index is 1530. The van der Waals surface area contributed by atoms with Gasteiger partial charge in [-0.1, -0.05) is 66.9 Å². The zero-order chi connectivity index (χ0) is 27.5. The average Bonchev–Trinajstić information content (AvgIpc) is 3.61. The number of benzene rings is 3. The fourth-order valence-electron chi connectivity index (χ4n) is 5.68. The topological polar surface area (TPSA) is 98.6 Å². The molecule has 2 aliphatic rings. The van der Waals surface area contributed by atoms with E-state index < -0.39 is 6.04 Å². The number of para-hydroxylation sites is 1. The molecule has 1 aliphatic heterocycles. The molecule has 9 heteroatoms. The molecule has 206 valence electrons. The number of amides is 2. The zero-order valence-corrected chi connectivity index (χ0v) is 22.6. The highest BCUT2D eigenvalue weighted by Gasteiger charge is 2.34. The summed E-state index contributed by atoms with van der Waals surface area (Å²) in [5.41, 5.74) is 4.06. The summed E-state index contributed by atoms with van der Waals surface area (Å²) in [4.78, 5) is 30.0. The highest BCUT2D eigenvalue weighted by Crippen LogP contribution is 2.34. The van der Waals surface area contributed by atoms with Gasteiger partial charge in [-0.15, -0.1) is 5.10 Å². The molecular weight excluding hydrogens is 506 g/mol. The fourth-order valence-corrected chi connectivity index (χ4v) is 5.68. The summed E-state index contributed by atoms with van der Waals surface area (Å²) in [6.07, 6.45) is 5.28. The largest absolute Gasteiger partial charge is 0.454 e. The van der Waals surface area contributed by atoms with Crippen molar-refractivity contribution in [2.75, 3.05) is 6.79 Å². The second-order valence-electron chi connectivity index (χ2n) is 10.5. The summed E-state index contributed by atoms with van der Waals surface area (Å²) in [7, 11) is 0. The lowest BCUT2D eigenvalue weighted by Crippen LogP contribution is -2.47. The average molecular weight is 540 g/mol. The molecule has 40 heavy (non-hydrogen) atoms. The van der Waals surface area contributed by atoms with Gasteiger partial charge in [0.15, 0.2) is 11.5 Å². The van der Waals surface area contributed by atoms with Gasteiger partial charge in [0.1, 0.15) is 18.1 Å². The number of hydrogen-bond donors (Lipinski definition) is 1. The molecule has 0 saturated heterocycles. The van der Waals surface area contributed by atoms with Gasteiger partial charge in [0.05, 0.1) is 5.52 Å². The number of rotatable bonds is 8. The number of fused-ring (bicyclic) bond motifs is 2. The molecule has 9 nitrogen and oxygen atoms in total. The Morgan fingerprint density at radius 1 is 1.00 bits per heavy atom. The van der Waals surface area contributed by atoms with Crippen molar-refractivity contribution >= 4 is 22.8 Å². The quantitative estimate of drug-likeness (QED) is 0.349. The van der Waals surface area contributed by atoms with Gasteiger partial charge in [0.2, 0.25) is 18.6 Å². The van der Waals surface area contributed by atoms with Crippen LogP contribution in [0.2, 0.25) is 0 Å². The Morgan fingerprint density at radius 2 is 1.77 bits per heavy atom. The first-order valence-electron chi connectivity index (χ1n) is 13.9. The molecule has 1 N–H and O–H groups in total. The van der Waals surface area contributed by atoms with Crippen molar-refractivity contribution in [3.63, 3.8) is 0 Å². The summed E-state index contributed by atoms with van der Waals surface area (Å²) in [5, 5.41) is 11.7. The predicted octanol–water partition coefficient (Wildman–Crippen LogP) is 4.69. The number of ether oxygens (including phenoxy) is 2. The standard InChI is InChI=1S/C31H33N5O4/c1-21-9-5-6-12-24(21)30(31(38)32-23-10-3-2-4-11-23)35(18-22-15-16-27-28(17-22)40-20-39-27)29(37)19-36-26-14-8-7-13-25(26)33-34-36/h5-9,12-17,23,30H,2-4,10-11,18-20H2,1H3,(H,32,38)/t30-/m0/s1. The fraction of sp³-hybridized carbons (Fsp3) is 0.355. The number of hydrogen-bond acceptors (Lipinski definition) is 6. The number of nitrogens with one attached hydrogen (secondary N) is 1. The molecule has 1 aromatic heterocycles. The van der Waals surface area contributed by atoms with Gasteiger partial charge in [0, 0.05) is 12.6 Å². The molecule has 0 spiro atoms.